The highest BCUT2D eigenvalue weighted by Crippen LogP contribution is 2.19. The maximum Gasteiger partial charge on any atom is 0.253 e. The molecule has 0 fully saturated rings. The van der Waals surface area contributed by atoms with Crippen LogP contribution in [0.5, 0.6) is 0 Å². The lowest BCUT2D eigenvalue weighted by molar-refractivity contribution is 0.0950. The number of nitrogens with zero attached hydrogens (tertiary/aromatic N) is 2. The Morgan fingerprint density at radius 1 is 1.08 bits per heavy atom. The molecule has 0 saturated carbocycles. The summed E-state index contributed by atoms with van der Waals surface area (Å²) >= 11 is 0. The molecular weight excluding hydrogens is 307 g/mol. The molecule has 2 heterocycles. The van der Waals surface area contributed by atoms with E-state index in [0.717, 1.165) is 5.69 Å². The van der Waals surface area contributed by atoms with E-state index >= 15 is 0 Å². The van der Waals surface area contributed by atoms with Gasteiger partial charge in [0.25, 0.3) is 5.91 Å². The van der Waals surface area contributed by atoms with Crippen molar-refractivity contribution in [2.45, 2.75) is 6.54 Å². The smallest absolute Gasteiger partial charge is 0.253 e. The molecule has 24 heavy (non-hydrogen) atoms. The van der Waals surface area contributed by atoms with Crippen LogP contribution in [0.25, 0.3) is 0 Å². The van der Waals surface area contributed by atoms with Crippen LogP contribution in [0, 0.1) is 5.82 Å². The highest BCUT2D eigenvalue weighted by atomic mass is 19.1. The minimum Gasteiger partial charge on any atom is -0.352 e. The molecule has 6 heteroatoms. The van der Waals surface area contributed by atoms with Crippen LogP contribution in [0.3, 0.4) is 0 Å². The summed E-state index contributed by atoms with van der Waals surface area (Å²) in [6, 6.07) is 13.4. The molecule has 1 amide bonds. The van der Waals surface area contributed by atoms with Gasteiger partial charge in [-0.1, -0.05) is 18.2 Å². The first kappa shape index (κ1) is 15.6. The lowest BCUT2D eigenvalue weighted by atomic mass is 10.2. The van der Waals surface area contributed by atoms with Crippen LogP contribution in [0.2, 0.25) is 0 Å². The molecule has 3 rings (SSSR count). The fraction of sp³-hybridized carbons (Fsp3) is 0.0556. The molecule has 0 saturated heterocycles. The SMILES string of the molecule is O=C(NCc1ccccn1)c1cncc(Nc2ccccc2F)c1. The Balaban J connectivity index is 1.68. The topological polar surface area (TPSA) is 66.9 Å². The molecule has 120 valence electrons. The third kappa shape index (κ3) is 3.92. The number of nitrogens with one attached hydrogen (secondary N) is 2. The Morgan fingerprint density at radius 3 is 2.71 bits per heavy atom. The van der Waals surface area contributed by atoms with Gasteiger partial charge in [0.15, 0.2) is 0 Å². The summed E-state index contributed by atoms with van der Waals surface area (Å²) in [4.78, 5) is 20.4. The standard InChI is InChI=1S/C18H15FN4O/c19-16-6-1-2-7-17(16)23-15-9-13(10-20-11-15)18(24)22-12-14-5-3-4-8-21-14/h1-11,23H,12H2,(H,22,24). The number of carbonyl (C=O) groups is 1. The fourth-order valence-corrected chi connectivity index (χ4v) is 2.13. The van der Waals surface area contributed by atoms with Crippen molar-refractivity contribution < 1.29 is 9.18 Å². The van der Waals surface area contributed by atoms with Crippen molar-refractivity contribution in [3.05, 3.63) is 84.2 Å². The lowest BCUT2D eigenvalue weighted by Crippen LogP contribution is -2.23. The Kier molecular flexibility index (Phi) is 4.76. The maximum absolute atomic E-state index is 13.7. The number of halogens is 1. The third-order valence-electron chi connectivity index (χ3n) is 3.31. The van der Waals surface area contributed by atoms with E-state index in [1.54, 1.807) is 30.5 Å². The maximum atomic E-state index is 13.7. The molecule has 0 aliphatic heterocycles. The second kappa shape index (κ2) is 7.32. The zero-order valence-electron chi connectivity index (χ0n) is 12.7. The van der Waals surface area contributed by atoms with Crippen molar-refractivity contribution in [1.82, 2.24) is 15.3 Å². The lowest BCUT2D eigenvalue weighted by Gasteiger charge is -2.09. The van der Waals surface area contributed by atoms with Crippen molar-refractivity contribution in [3.8, 4) is 0 Å². The van der Waals surface area contributed by atoms with Crippen molar-refractivity contribution >= 4 is 17.3 Å². The zero-order chi connectivity index (χ0) is 16.8. The summed E-state index contributed by atoms with van der Waals surface area (Å²) in [6.07, 6.45) is 4.66. The van der Waals surface area contributed by atoms with Crippen LogP contribution >= 0.6 is 0 Å². The molecule has 1 aromatic carbocycles. The molecule has 2 N–H and O–H groups in total. The van der Waals surface area contributed by atoms with E-state index in [2.05, 4.69) is 20.6 Å². The predicted molar refractivity (Wildman–Crippen MR) is 89.3 cm³/mol. The molecule has 5 nitrogen and oxygen atoms in total. The van der Waals surface area contributed by atoms with E-state index in [0.29, 0.717) is 23.5 Å². The monoisotopic (exact) mass is 322 g/mol. The Morgan fingerprint density at radius 2 is 1.92 bits per heavy atom. The van der Waals surface area contributed by atoms with Gasteiger partial charge in [0, 0.05) is 12.4 Å². The summed E-state index contributed by atoms with van der Waals surface area (Å²) in [7, 11) is 0. The number of hydrogen-bond acceptors (Lipinski definition) is 4. The van der Waals surface area contributed by atoms with Crippen LogP contribution in [0.15, 0.2) is 67.1 Å². The van der Waals surface area contributed by atoms with Gasteiger partial charge in [-0.05, 0) is 30.3 Å². The highest BCUT2D eigenvalue weighted by molar-refractivity contribution is 5.94. The fourth-order valence-electron chi connectivity index (χ4n) is 2.13. The van der Waals surface area contributed by atoms with Crippen molar-refractivity contribution in [1.29, 1.82) is 0 Å². The number of benzene rings is 1. The molecule has 0 spiro atoms. The van der Waals surface area contributed by atoms with Crippen LogP contribution in [0.4, 0.5) is 15.8 Å². The molecule has 0 aliphatic rings. The van der Waals surface area contributed by atoms with Gasteiger partial charge in [-0.2, -0.15) is 0 Å². The predicted octanol–water partition coefficient (Wildman–Crippen LogP) is 3.29. The molecule has 0 aliphatic carbocycles. The van der Waals surface area contributed by atoms with Crippen molar-refractivity contribution in [2.75, 3.05) is 5.32 Å². The number of rotatable bonds is 5. The minimum absolute atomic E-state index is 0.273. The number of carbonyl (C=O) groups excluding carboxylic acids is 1. The van der Waals surface area contributed by atoms with Crippen LogP contribution in [-0.2, 0) is 6.54 Å². The average Bonchev–Trinajstić information content (AvgIpc) is 2.63. The van der Waals surface area contributed by atoms with Gasteiger partial charge in [0.2, 0.25) is 0 Å². The summed E-state index contributed by atoms with van der Waals surface area (Å²) in [5, 5.41) is 5.69. The first-order chi connectivity index (χ1) is 11.7. The van der Waals surface area contributed by atoms with Crippen LogP contribution < -0.4 is 10.6 Å². The minimum atomic E-state index is -0.373. The number of amides is 1. The Hall–Kier alpha value is -3.28. The number of para-hydroxylation sites is 1. The number of pyridine rings is 2. The number of hydrogen-bond donors (Lipinski definition) is 2. The first-order valence-corrected chi connectivity index (χ1v) is 7.37. The molecule has 3 aromatic rings. The van der Waals surface area contributed by atoms with E-state index in [9.17, 15) is 9.18 Å². The molecular formula is C18H15FN4O. The quantitative estimate of drug-likeness (QED) is 0.756. The van der Waals surface area contributed by atoms with Gasteiger partial charge in [-0.3, -0.25) is 14.8 Å². The van der Waals surface area contributed by atoms with E-state index in [4.69, 9.17) is 0 Å². The van der Waals surface area contributed by atoms with Crippen LogP contribution in [-0.4, -0.2) is 15.9 Å². The second-order valence-electron chi connectivity index (χ2n) is 5.07. The summed E-state index contributed by atoms with van der Waals surface area (Å²) in [6.45, 7) is 0.324. The van der Waals surface area contributed by atoms with Gasteiger partial charge in [0.1, 0.15) is 5.82 Å². The van der Waals surface area contributed by atoms with Gasteiger partial charge >= 0.3 is 0 Å². The van der Waals surface area contributed by atoms with E-state index in [1.807, 2.05) is 18.2 Å². The van der Waals surface area contributed by atoms with E-state index < -0.39 is 0 Å². The summed E-state index contributed by atoms with van der Waals surface area (Å²) in [5.41, 5.74) is 2.00. The molecule has 0 radical (unpaired) electrons. The molecule has 0 unspecified atom stereocenters. The van der Waals surface area contributed by atoms with Gasteiger partial charge in [-0.25, -0.2) is 4.39 Å². The van der Waals surface area contributed by atoms with Crippen molar-refractivity contribution in [2.24, 2.45) is 0 Å². The average molecular weight is 322 g/mol. The summed E-state index contributed by atoms with van der Waals surface area (Å²) < 4.78 is 13.7. The normalized spacial score (nSPS) is 10.2. The number of aromatic nitrogens is 2. The van der Waals surface area contributed by atoms with Gasteiger partial charge in [-0.15, -0.1) is 0 Å². The number of anilines is 2. The molecule has 0 atom stereocenters. The van der Waals surface area contributed by atoms with Gasteiger partial charge < -0.3 is 10.6 Å². The Labute approximate surface area is 138 Å². The second-order valence-corrected chi connectivity index (χ2v) is 5.07. The zero-order valence-corrected chi connectivity index (χ0v) is 12.7. The first-order valence-electron chi connectivity index (χ1n) is 7.37. The van der Waals surface area contributed by atoms with E-state index in [1.165, 1.54) is 18.5 Å². The largest absolute Gasteiger partial charge is 0.352 e. The van der Waals surface area contributed by atoms with Crippen LogP contribution in [0.1, 0.15) is 16.1 Å². The Bertz CT molecular complexity index is 839. The molecule has 2 aromatic heterocycles. The van der Waals surface area contributed by atoms with Gasteiger partial charge in [0.05, 0.1) is 35.4 Å². The van der Waals surface area contributed by atoms with Crippen molar-refractivity contribution in [3.63, 3.8) is 0 Å². The molecule has 0 bridgehead atoms. The summed E-state index contributed by atoms with van der Waals surface area (Å²) in [5.74, 6) is -0.646. The third-order valence-corrected chi connectivity index (χ3v) is 3.31. The highest BCUT2D eigenvalue weighted by Gasteiger charge is 2.08. The van der Waals surface area contributed by atoms with E-state index in [-0.39, 0.29) is 11.7 Å².